The van der Waals surface area contributed by atoms with Gasteiger partial charge in [-0.1, -0.05) is 55.5 Å². The van der Waals surface area contributed by atoms with Gasteiger partial charge in [0.1, 0.15) is 28.0 Å². The minimum absolute atomic E-state index is 0.105. The Hall–Kier alpha value is -3.89. The summed E-state index contributed by atoms with van der Waals surface area (Å²) in [6.45, 7) is 4.45. The number of anilines is 1. The van der Waals surface area contributed by atoms with Gasteiger partial charge in [-0.3, -0.25) is 4.79 Å². The van der Waals surface area contributed by atoms with Crippen molar-refractivity contribution in [2.24, 2.45) is 0 Å². The number of hydrogen-bond donors (Lipinski definition) is 1. The van der Waals surface area contributed by atoms with Crippen molar-refractivity contribution in [2.45, 2.75) is 20.3 Å². The molecule has 0 fully saturated rings. The summed E-state index contributed by atoms with van der Waals surface area (Å²) in [6, 6.07) is 18.5. The number of rotatable bonds is 9. The standard InChI is InChI=1S/C26H24N2O4S/c1-3-14-32-22-13-9-8-12-19(22)15-20(16-27)24(29)28-25-23(26(30)31-4-2)21(17-33-25)18-10-6-5-7-11-18/h5-13,15,17H,3-4,14H2,1-2H3,(H,28,29)/b20-15-. The van der Waals surface area contributed by atoms with Gasteiger partial charge in [0.05, 0.1) is 13.2 Å². The SMILES string of the molecule is CCCOc1ccccc1/C=C(/C#N)C(=O)Nc1scc(-c2ccccc2)c1C(=O)OCC. The molecule has 0 saturated heterocycles. The highest BCUT2D eigenvalue weighted by molar-refractivity contribution is 7.15. The van der Waals surface area contributed by atoms with Crippen LogP contribution in [-0.2, 0) is 9.53 Å². The zero-order valence-corrected chi connectivity index (χ0v) is 19.3. The van der Waals surface area contributed by atoms with E-state index in [1.54, 1.807) is 24.4 Å². The first kappa shape index (κ1) is 23.8. The summed E-state index contributed by atoms with van der Waals surface area (Å²) in [6.07, 6.45) is 2.32. The third kappa shape index (κ3) is 5.88. The van der Waals surface area contributed by atoms with Gasteiger partial charge in [0.15, 0.2) is 0 Å². The third-order valence-electron chi connectivity index (χ3n) is 4.63. The summed E-state index contributed by atoms with van der Waals surface area (Å²) in [7, 11) is 0. The highest BCUT2D eigenvalue weighted by Gasteiger charge is 2.23. The number of carbonyl (C=O) groups is 2. The summed E-state index contributed by atoms with van der Waals surface area (Å²) < 4.78 is 10.9. The molecule has 6 nitrogen and oxygen atoms in total. The molecule has 0 atom stereocenters. The zero-order chi connectivity index (χ0) is 23.6. The summed E-state index contributed by atoms with van der Waals surface area (Å²) in [5, 5.41) is 14.5. The number of nitrogens with one attached hydrogen (secondary N) is 1. The first-order valence-corrected chi connectivity index (χ1v) is 11.5. The average Bonchev–Trinajstić information content (AvgIpc) is 3.26. The van der Waals surface area contributed by atoms with Gasteiger partial charge in [-0.2, -0.15) is 5.26 Å². The van der Waals surface area contributed by atoms with Crippen molar-refractivity contribution in [1.82, 2.24) is 0 Å². The second-order valence-corrected chi connectivity index (χ2v) is 7.83. The van der Waals surface area contributed by atoms with E-state index in [-0.39, 0.29) is 17.7 Å². The average molecular weight is 461 g/mol. The van der Waals surface area contributed by atoms with Crippen molar-refractivity contribution < 1.29 is 19.1 Å². The summed E-state index contributed by atoms with van der Waals surface area (Å²) in [5.74, 6) is -0.557. The fourth-order valence-electron chi connectivity index (χ4n) is 3.10. The Morgan fingerprint density at radius 2 is 1.82 bits per heavy atom. The third-order valence-corrected chi connectivity index (χ3v) is 5.52. The number of thiophene rings is 1. The van der Waals surface area contributed by atoms with Crippen LogP contribution in [0, 0.1) is 11.3 Å². The van der Waals surface area contributed by atoms with E-state index in [0.717, 1.165) is 12.0 Å². The van der Waals surface area contributed by atoms with Gasteiger partial charge in [-0.15, -0.1) is 11.3 Å². The Balaban J connectivity index is 1.93. The van der Waals surface area contributed by atoms with Crippen molar-refractivity contribution in [2.75, 3.05) is 18.5 Å². The first-order chi connectivity index (χ1) is 16.1. The molecule has 0 saturated carbocycles. The van der Waals surface area contributed by atoms with Gasteiger partial charge in [-0.25, -0.2) is 4.79 Å². The quantitative estimate of drug-likeness (QED) is 0.243. The van der Waals surface area contributed by atoms with Crippen LogP contribution in [-0.4, -0.2) is 25.1 Å². The van der Waals surface area contributed by atoms with Crippen molar-refractivity contribution >= 4 is 34.3 Å². The second-order valence-electron chi connectivity index (χ2n) is 6.95. The van der Waals surface area contributed by atoms with Crippen molar-refractivity contribution in [3.8, 4) is 22.9 Å². The van der Waals surface area contributed by atoms with E-state index in [1.807, 2.05) is 55.5 Å². The van der Waals surface area contributed by atoms with E-state index in [9.17, 15) is 14.9 Å². The summed E-state index contributed by atoms with van der Waals surface area (Å²) in [4.78, 5) is 25.7. The molecule has 1 aromatic heterocycles. The van der Waals surface area contributed by atoms with Crippen LogP contribution in [0.4, 0.5) is 5.00 Å². The number of amides is 1. The highest BCUT2D eigenvalue weighted by Crippen LogP contribution is 2.36. The van der Waals surface area contributed by atoms with Crippen LogP contribution in [0.1, 0.15) is 36.2 Å². The number of esters is 1. The van der Waals surface area contributed by atoms with Gasteiger partial charge in [0.25, 0.3) is 5.91 Å². The fraction of sp³-hybridized carbons (Fsp3) is 0.192. The number of nitrogens with zero attached hydrogens (tertiary/aromatic N) is 1. The molecule has 0 aliphatic heterocycles. The van der Waals surface area contributed by atoms with E-state index >= 15 is 0 Å². The maximum atomic E-state index is 13.0. The van der Waals surface area contributed by atoms with E-state index < -0.39 is 11.9 Å². The van der Waals surface area contributed by atoms with E-state index in [0.29, 0.717) is 28.5 Å². The first-order valence-electron chi connectivity index (χ1n) is 10.6. The monoisotopic (exact) mass is 460 g/mol. The predicted octanol–water partition coefficient (Wildman–Crippen LogP) is 5.93. The number of benzene rings is 2. The lowest BCUT2D eigenvalue weighted by molar-refractivity contribution is -0.112. The predicted molar refractivity (Wildman–Crippen MR) is 130 cm³/mol. The molecule has 0 aliphatic rings. The molecule has 33 heavy (non-hydrogen) atoms. The van der Waals surface area contributed by atoms with Crippen LogP contribution in [0.2, 0.25) is 0 Å². The van der Waals surface area contributed by atoms with Crippen LogP contribution in [0.25, 0.3) is 17.2 Å². The van der Waals surface area contributed by atoms with Crippen molar-refractivity contribution in [3.63, 3.8) is 0 Å². The molecule has 0 unspecified atom stereocenters. The molecule has 0 spiro atoms. The van der Waals surface area contributed by atoms with Gasteiger partial charge >= 0.3 is 5.97 Å². The number of ether oxygens (including phenoxy) is 2. The lowest BCUT2D eigenvalue weighted by Gasteiger charge is -2.10. The van der Waals surface area contributed by atoms with E-state index in [1.165, 1.54) is 17.4 Å². The summed E-state index contributed by atoms with van der Waals surface area (Å²) >= 11 is 1.21. The number of para-hydroxylation sites is 1. The van der Waals surface area contributed by atoms with Crippen molar-refractivity contribution in [3.05, 3.63) is 76.7 Å². The Morgan fingerprint density at radius 3 is 2.52 bits per heavy atom. The lowest BCUT2D eigenvalue weighted by atomic mass is 10.0. The van der Waals surface area contributed by atoms with E-state index in [4.69, 9.17) is 9.47 Å². The van der Waals surface area contributed by atoms with Crippen LogP contribution in [0.15, 0.2) is 65.6 Å². The molecule has 0 bridgehead atoms. The molecule has 3 rings (SSSR count). The molecule has 0 radical (unpaired) electrons. The molecule has 168 valence electrons. The zero-order valence-electron chi connectivity index (χ0n) is 18.5. The lowest BCUT2D eigenvalue weighted by Crippen LogP contribution is -2.16. The minimum Gasteiger partial charge on any atom is -0.493 e. The number of carbonyl (C=O) groups excluding carboxylic acids is 2. The molecule has 2 aromatic carbocycles. The maximum Gasteiger partial charge on any atom is 0.341 e. The van der Waals surface area contributed by atoms with Gasteiger partial charge in [0.2, 0.25) is 0 Å². The Labute approximate surface area is 197 Å². The fourth-order valence-corrected chi connectivity index (χ4v) is 4.06. The smallest absolute Gasteiger partial charge is 0.341 e. The molecular formula is C26H24N2O4S. The highest BCUT2D eigenvalue weighted by atomic mass is 32.1. The number of hydrogen-bond acceptors (Lipinski definition) is 6. The molecule has 3 aromatic rings. The van der Waals surface area contributed by atoms with Crippen LogP contribution in [0.3, 0.4) is 0 Å². The molecule has 1 heterocycles. The Bertz CT molecular complexity index is 1190. The second kappa shape index (κ2) is 11.7. The van der Waals surface area contributed by atoms with Gasteiger partial charge in [-0.05, 0) is 31.1 Å². The molecule has 1 amide bonds. The van der Waals surface area contributed by atoms with Crippen LogP contribution < -0.4 is 10.1 Å². The Morgan fingerprint density at radius 1 is 1.09 bits per heavy atom. The largest absolute Gasteiger partial charge is 0.493 e. The molecule has 7 heteroatoms. The number of nitriles is 1. The molecule has 1 N–H and O–H groups in total. The normalized spacial score (nSPS) is 10.9. The van der Waals surface area contributed by atoms with Gasteiger partial charge in [0, 0.05) is 16.5 Å². The Kier molecular flexibility index (Phi) is 8.39. The van der Waals surface area contributed by atoms with Crippen LogP contribution in [0.5, 0.6) is 5.75 Å². The van der Waals surface area contributed by atoms with Gasteiger partial charge < -0.3 is 14.8 Å². The minimum atomic E-state index is -0.616. The molecule has 0 aliphatic carbocycles. The topological polar surface area (TPSA) is 88.4 Å². The molecular weight excluding hydrogens is 436 g/mol. The van der Waals surface area contributed by atoms with Crippen molar-refractivity contribution in [1.29, 1.82) is 5.26 Å². The summed E-state index contributed by atoms with van der Waals surface area (Å²) in [5.41, 5.74) is 2.28. The van der Waals surface area contributed by atoms with E-state index in [2.05, 4.69) is 5.32 Å². The maximum absolute atomic E-state index is 13.0. The van der Waals surface area contributed by atoms with Crippen LogP contribution >= 0.6 is 11.3 Å².